The molecule has 0 amide bonds. The first kappa shape index (κ1) is 21.8. The molecular weight excluding hydrogens is 435 g/mol. The lowest BCUT2D eigenvalue weighted by Crippen LogP contribution is -2.44. The molecule has 0 radical (unpaired) electrons. The van der Waals surface area contributed by atoms with Gasteiger partial charge in [0, 0.05) is 17.3 Å². The van der Waals surface area contributed by atoms with Gasteiger partial charge < -0.3 is 0 Å². The van der Waals surface area contributed by atoms with E-state index in [0.717, 1.165) is 23.1 Å². The third-order valence-electron chi connectivity index (χ3n) is 5.73. The summed E-state index contributed by atoms with van der Waals surface area (Å²) >= 11 is 5.86. The van der Waals surface area contributed by atoms with Crippen molar-refractivity contribution in [2.75, 3.05) is 4.31 Å². The average Bonchev–Trinajstić information content (AvgIpc) is 2.72. The molecule has 0 saturated carbocycles. The maximum absolute atomic E-state index is 14.3. The number of nitrogens with zero attached hydrogens (tertiary/aromatic N) is 2. The molecule has 0 bridgehead atoms. The van der Waals surface area contributed by atoms with Crippen LogP contribution in [-0.4, -0.2) is 19.4 Å². The van der Waals surface area contributed by atoms with Gasteiger partial charge >= 0.3 is 0 Å². The van der Waals surface area contributed by atoms with E-state index in [-0.39, 0.29) is 16.9 Å². The molecular formula is C24H24ClFN2O2S. The minimum Gasteiger partial charge on any atom is -0.262 e. The molecule has 0 aliphatic carbocycles. The molecule has 2 heterocycles. The van der Waals surface area contributed by atoms with Gasteiger partial charge in [-0.15, -0.1) is 0 Å². The number of hydrogen-bond donors (Lipinski definition) is 0. The van der Waals surface area contributed by atoms with Gasteiger partial charge in [0.2, 0.25) is 0 Å². The zero-order valence-electron chi connectivity index (χ0n) is 17.5. The molecule has 0 saturated heterocycles. The van der Waals surface area contributed by atoms with Crippen LogP contribution in [0.5, 0.6) is 0 Å². The van der Waals surface area contributed by atoms with Crippen molar-refractivity contribution >= 4 is 27.3 Å². The van der Waals surface area contributed by atoms with E-state index < -0.39 is 10.0 Å². The van der Waals surface area contributed by atoms with Crippen LogP contribution >= 0.6 is 11.6 Å². The number of aromatic nitrogens is 1. The summed E-state index contributed by atoms with van der Waals surface area (Å²) in [4.78, 5) is 4.19. The van der Waals surface area contributed by atoms with Crippen LogP contribution in [0.4, 0.5) is 10.1 Å². The molecule has 0 N–H and O–H groups in total. The summed E-state index contributed by atoms with van der Waals surface area (Å²) < 4.78 is 43.2. The molecule has 2 aromatic carbocycles. The summed E-state index contributed by atoms with van der Waals surface area (Å²) in [6.07, 6.45) is 3.92. The van der Waals surface area contributed by atoms with Gasteiger partial charge in [-0.25, -0.2) is 9.37 Å². The van der Waals surface area contributed by atoms with Gasteiger partial charge in [0.15, 0.2) is 5.03 Å². The van der Waals surface area contributed by atoms with Crippen LogP contribution in [0.25, 0.3) is 0 Å². The maximum Gasteiger partial charge on any atom is 0.282 e. The lowest BCUT2D eigenvalue weighted by atomic mass is 9.93. The second-order valence-corrected chi connectivity index (χ2v) is 10.3. The minimum atomic E-state index is -3.87. The Bertz CT molecular complexity index is 1210. The van der Waals surface area contributed by atoms with E-state index in [1.165, 1.54) is 10.4 Å². The highest BCUT2D eigenvalue weighted by Gasteiger charge is 2.36. The molecule has 0 fully saturated rings. The molecule has 3 aromatic rings. The van der Waals surface area contributed by atoms with E-state index in [1.807, 2.05) is 32.0 Å². The Kier molecular flexibility index (Phi) is 6.04. The number of fused-ring (bicyclic) bond motifs is 1. The monoisotopic (exact) mass is 458 g/mol. The first-order valence-corrected chi connectivity index (χ1v) is 12.1. The lowest BCUT2D eigenvalue weighted by molar-refractivity contribution is 0.515. The molecule has 4 rings (SSSR count). The first-order valence-electron chi connectivity index (χ1n) is 10.3. The quantitative estimate of drug-likeness (QED) is 0.497. The fourth-order valence-corrected chi connectivity index (χ4v) is 5.89. The van der Waals surface area contributed by atoms with Crippen molar-refractivity contribution in [2.45, 2.75) is 50.6 Å². The van der Waals surface area contributed by atoms with Crippen molar-refractivity contribution in [3.8, 4) is 0 Å². The van der Waals surface area contributed by atoms with Gasteiger partial charge in [0.05, 0.1) is 5.69 Å². The van der Waals surface area contributed by atoms with Crippen LogP contribution in [0.15, 0.2) is 59.8 Å². The third kappa shape index (κ3) is 4.46. The SMILES string of the molecule is Cc1ccc(S(=O)(=O)N2c3cc(C)ccc3CCC2CCc2ccc(Cl)cc2F)nc1. The second-order valence-electron chi connectivity index (χ2n) is 8.07. The van der Waals surface area contributed by atoms with Gasteiger partial charge in [-0.3, -0.25) is 4.31 Å². The normalized spacial score (nSPS) is 16.3. The standard InChI is InChI=1S/C24H24ClFN2O2S/c1-16-3-5-19-8-11-21(10-7-18-6-9-20(25)14-22(18)26)28(23(19)13-16)31(29,30)24-12-4-17(2)15-27-24/h3-6,9,12-15,21H,7-8,10-11H2,1-2H3. The lowest BCUT2D eigenvalue weighted by Gasteiger charge is -2.38. The predicted molar refractivity (Wildman–Crippen MR) is 122 cm³/mol. The molecule has 1 aliphatic rings. The van der Waals surface area contributed by atoms with Gasteiger partial charge in [-0.05, 0) is 86.1 Å². The fourth-order valence-electron chi connectivity index (χ4n) is 4.07. The molecule has 7 heteroatoms. The Morgan fingerprint density at radius 3 is 2.58 bits per heavy atom. The number of rotatable bonds is 5. The number of sulfonamides is 1. The number of benzene rings is 2. The Morgan fingerprint density at radius 2 is 1.87 bits per heavy atom. The Morgan fingerprint density at radius 1 is 1.10 bits per heavy atom. The highest BCUT2D eigenvalue weighted by molar-refractivity contribution is 7.92. The molecule has 4 nitrogen and oxygen atoms in total. The largest absolute Gasteiger partial charge is 0.282 e. The van der Waals surface area contributed by atoms with Gasteiger partial charge in [-0.1, -0.05) is 35.9 Å². The van der Waals surface area contributed by atoms with E-state index in [4.69, 9.17) is 11.6 Å². The van der Waals surface area contributed by atoms with Gasteiger partial charge in [0.1, 0.15) is 5.82 Å². The molecule has 1 unspecified atom stereocenters. The Hall–Kier alpha value is -2.44. The fraction of sp³-hybridized carbons (Fsp3) is 0.292. The number of halogens is 2. The zero-order valence-corrected chi connectivity index (χ0v) is 19.0. The van der Waals surface area contributed by atoms with E-state index in [0.29, 0.717) is 35.5 Å². The van der Waals surface area contributed by atoms with Crippen molar-refractivity contribution in [1.29, 1.82) is 0 Å². The Labute approximate surface area is 187 Å². The summed E-state index contributed by atoms with van der Waals surface area (Å²) in [6, 6.07) is 13.5. The molecule has 1 aliphatic heterocycles. The zero-order chi connectivity index (χ0) is 22.2. The predicted octanol–water partition coefficient (Wildman–Crippen LogP) is 5.63. The number of pyridine rings is 1. The third-order valence-corrected chi connectivity index (χ3v) is 7.74. The van der Waals surface area contributed by atoms with E-state index in [1.54, 1.807) is 30.5 Å². The highest BCUT2D eigenvalue weighted by atomic mass is 35.5. The first-order chi connectivity index (χ1) is 14.8. The molecule has 1 aromatic heterocycles. The van der Waals surface area contributed by atoms with E-state index in [9.17, 15) is 12.8 Å². The summed E-state index contributed by atoms with van der Waals surface area (Å²) in [5.74, 6) is -0.367. The van der Waals surface area contributed by atoms with Crippen LogP contribution in [-0.2, 0) is 22.9 Å². The van der Waals surface area contributed by atoms with Crippen molar-refractivity contribution < 1.29 is 12.8 Å². The second kappa shape index (κ2) is 8.60. The Balaban J connectivity index is 1.72. The topological polar surface area (TPSA) is 50.3 Å². The van der Waals surface area contributed by atoms with Crippen LogP contribution in [0.2, 0.25) is 5.02 Å². The number of aryl methyl sites for hydroxylation is 4. The molecule has 1 atom stereocenters. The molecule has 0 spiro atoms. The molecule has 31 heavy (non-hydrogen) atoms. The number of anilines is 1. The highest BCUT2D eigenvalue weighted by Crippen LogP contribution is 2.37. The van der Waals surface area contributed by atoms with Gasteiger partial charge in [0.25, 0.3) is 10.0 Å². The summed E-state index contributed by atoms with van der Waals surface area (Å²) in [5, 5.41) is 0.369. The maximum atomic E-state index is 14.3. The van der Waals surface area contributed by atoms with Crippen LogP contribution in [0.1, 0.15) is 35.1 Å². The minimum absolute atomic E-state index is 0.0233. The average molecular weight is 459 g/mol. The van der Waals surface area contributed by atoms with E-state index in [2.05, 4.69) is 4.98 Å². The van der Waals surface area contributed by atoms with Crippen LogP contribution in [0.3, 0.4) is 0 Å². The van der Waals surface area contributed by atoms with Crippen molar-refractivity contribution in [3.63, 3.8) is 0 Å². The molecule has 162 valence electrons. The van der Waals surface area contributed by atoms with E-state index >= 15 is 0 Å². The smallest absolute Gasteiger partial charge is 0.262 e. The van der Waals surface area contributed by atoms with Crippen molar-refractivity contribution in [1.82, 2.24) is 4.98 Å². The summed E-state index contributed by atoms with van der Waals surface area (Å²) in [5.41, 5.74) is 4.10. The summed E-state index contributed by atoms with van der Waals surface area (Å²) in [6.45, 7) is 3.81. The van der Waals surface area contributed by atoms with Crippen LogP contribution < -0.4 is 4.31 Å². The van der Waals surface area contributed by atoms with Crippen LogP contribution in [0, 0.1) is 19.7 Å². The van der Waals surface area contributed by atoms with Gasteiger partial charge in [-0.2, -0.15) is 8.42 Å². The summed E-state index contributed by atoms with van der Waals surface area (Å²) in [7, 11) is -3.87. The van der Waals surface area contributed by atoms with Crippen molar-refractivity contribution in [2.24, 2.45) is 0 Å². The number of hydrogen-bond acceptors (Lipinski definition) is 3. The van der Waals surface area contributed by atoms with Crippen molar-refractivity contribution in [3.05, 3.63) is 87.8 Å².